The molecule has 1 aliphatic rings. The first-order chi connectivity index (χ1) is 10.2. The van der Waals surface area contributed by atoms with Crippen molar-refractivity contribution in [1.82, 2.24) is 15.1 Å². The zero-order valence-corrected chi connectivity index (χ0v) is 13.1. The van der Waals surface area contributed by atoms with Crippen molar-refractivity contribution in [3.63, 3.8) is 0 Å². The van der Waals surface area contributed by atoms with Gasteiger partial charge in [-0.1, -0.05) is 37.9 Å². The normalized spacial score (nSPS) is 15.9. The van der Waals surface area contributed by atoms with Crippen molar-refractivity contribution < 1.29 is 9.59 Å². The Morgan fingerprint density at radius 3 is 2.81 bits per heavy atom. The van der Waals surface area contributed by atoms with Gasteiger partial charge in [0.25, 0.3) is 0 Å². The third kappa shape index (κ3) is 3.78. The van der Waals surface area contributed by atoms with Gasteiger partial charge in [0.15, 0.2) is 6.29 Å². The number of carbonyl (C=O) groups is 2. The van der Waals surface area contributed by atoms with Gasteiger partial charge in [0.05, 0.1) is 16.8 Å². The average Bonchev–Trinajstić information content (AvgIpc) is 2.84. The largest absolute Gasteiger partial charge is 0.383 e. The number of nitrogens with zero attached hydrogens (tertiary/aromatic N) is 2. The summed E-state index contributed by atoms with van der Waals surface area (Å²) in [6, 6.07) is 0.289. The van der Waals surface area contributed by atoms with Crippen molar-refractivity contribution in [1.29, 1.82) is 0 Å². The SMILES string of the molecule is CCC(=O)NCSc1c(C=O)nn(C2CCCCC2)c1N. The van der Waals surface area contributed by atoms with Crippen LogP contribution in [0.25, 0.3) is 0 Å². The van der Waals surface area contributed by atoms with E-state index in [1.807, 2.05) is 0 Å². The molecule has 1 heterocycles. The molecule has 1 amide bonds. The van der Waals surface area contributed by atoms with Gasteiger partial charge in [-0.25, -0.2) is 4.68 Å². The number of rotatable bonds is 6. The van der Waals surface area contributed by atoms with Crippen molar-refractivity contribution >= 4 is 29.8 Å². The minimum atomic E-state index is -0.0200. The van der Waals surface area contributed by atoms with Gasteiger partial charge in [0.2, 0.25) is 5.91 Å². The summed E-state index contributed by atoms with van der Waals surface area (Å²) in [6.45, 7) is 1.80. The maximum absolute atomic E-state index is 11.2. The van der Waals surface area contributed by atoms with Gasteiger partial charge in [-0.3, -0.25) is 9.59 Å². The van der Waals surface area contributed by atoms with E-state index in [2.05, 4.69) is 10.4 Å². The maximum atomic E-state index is 11.2. The first kappa shape index (κ1) is 15.9. The van der Waals surface area contributed by atoms with E-state index in [4.69, 9.17) is 5.73 Å². The molecule has 0 bridgehead atoms. The summed E-state index contributed by atoms with van der Waals surface area (Å²) in [5.41, 5.74) is 6.54. The molecule has 1 saturated carbocycles. The molecule has 6 nitrogen and oxygen atoms in total. The fourth-order valence-corrected chi connectivity index (χ4v) is 3.45. The summed E-state index contributed by atoms with van der Waals surface area (Å²) in [5, 5.41) is 7.12. The monoisotopic (exact) mass is 310 g/mol. The van der Waals surface area contributed by atoms with Gasteiger partial charge in [0.1, 0.15) is 11.5 Å². The smallest absolute Gasteiger partial charge is 0.220 e. The molecule has 0 aliphatic heterocycles. The Kier molecular flexibility index (Phi) is 5.67. The zero-order valence-electron chi connectivity index (χ0n) is 12.3. The second-order valence-electron chi connectivity index (χ2n) is 5.20. The lowest BCUT2D eigenvalue weighted by Crippen LogP contribution is -2.21. The molecule has 116 valence electrons. The van der Waals surface area contributed by atoms with Crippen LogP contribution in [0.3, 0.4) is 0 Å². The van der Waals surface area contributed by atoms with Crippen LogP contribution in [0.1, 0.15) is 62.0 Å². The highest BCUT2D eigenvalue weighted by atomic mass is 32.2. The van der Waals surface area contributed by atoms with Gasteiger partial charge < -0.3 is 11.1 Å². The lowest BCUT2D eigenvalue weighted by molar-refractivity contribution is -0.120. The van der Waals surface area contributed by atoms with Crippen molar-refractivity contribution in [2.75, 3.05) is 11.6 Å². The van der Waals surface area contributed by atoms with Crippen molar-refractivity contribution in [2.45, 2.75) is 56.4 Å². The second-order valence-corrected chi connectivity index (χ2v) is 6.18. The molecule has 0 atom stereocenters. The van der Waals surface area contributed by atoms with Crippen LogP contribution in [0.5, 0.6) is 0 Å². The van der Waals surface area contributed by atoms with E-state index in [0.717, 1.165) is 19.1 Å². The highest BCUT2D eigenvalue weighted by Gasteiger charge is 2.23. The summed E-state index contributed by atoms with van der Waals surface area (Å²) in [5.74, 6) is 0.918. The van der Waals surface area contributed by atoms with Crippen molar-refractivity contribution in [3.8, 4) is 0 Å². The fraction of sp³-hybridized carbons (Fsp3) is 0.643. The van der Waals surface area contributed by atoms with Crippen LogP contribution in [0.15, 0.2) is 4.90 Å². The minimum Gasteiger partial charge on any atom is -0.383 e. The minimum absolute atomic E-state index is 0.0200. The molecule has 0 radical (unpaired) electrons. The summed E-state index contributed by atoms with van der Waals surface area (Å²) in [7, 11) is 0. The predicted octanol–water partition coefficient (Wildman–Crippen LogP) is 2.36. The molecule has 1 aromatic rings. The van der Waals surface area contributed by atoms with Crippen LogP contribution < -0.4 is 11.1 Å². The Morgan fingerprint density at radius 1 is 1.48 bits per heavy atom. The van der Waals surface area contributed by atoms with Gasteiger partial charge in [-0.2, -0.15) is 5.10 Å². The quantitative estimate of drug-likeness (QED) is 0.478. The first-order valence-electron chi connectivity index (χ1n) is 7.40. The van der Waals surface area contributed by atoms with E-state index < -0.39 is 0 Å². The first-order valence-corrected chi connectivity index (χ1v) is 8.38. The molecule has 0 aromatic carbocycles. The number of amides is 1. The number of nitrogens with two attached hydrogens (primary N) is 1. The summed E-state index contributed by atoms with van der Waals surface area (Å²) < 4.78 is 1.80. The molecular formula is C14H22N4O2S. The number of carbonyl (C=O) groups excluding carboxylic acids is 2. The standard InChI is InChI=1S/C14H22N4O2S/c1-2-12(20)16-9-21-13-11(8-19)17-18(14(13)15)10-6-4-3-5-7-10/h8,10H,2-7,9,15H2,1H3,(H,16,20). The number of thioether (sulfide) groups is 1. The average molecular weight is 310 g/mol. The Hall–Kier alpha value is -1.50. The molecule has 0 saturated heterocycles. The molecule has 7 heteroatoms. The topological polar surface area (TPSA) is 90.0 Å². The number of anilines is 1. The number of aldehydes is 1. The fourth-order valence-electron chi connectivity index (χ4n) is 2.59. The van der Waals surface area contributed by atoms with Crippen LogP contribution in [0, 0.1) is 0 Å². The number of nitrogen functional groups attached to an aromatic ring is 1. The molecule has 0 spiro atoms. The molecule has 2 rings (SSSR count). The zero-order chi connectivity index (χ0) is 15.2. The Morgan fingerprint density at radius 2 is 2.19 bits per heavy atom. The number of nitrogens with one attached hydrogen (secondary N) is 1. The van der Waals surface area contributed by atoms with E-state index in [1.165, 1.54) is 31.0 Å². The maximum Gasteiger partial charge on any atom is 0.220 e. The van der Waals surface area contributed by atoms with Gasteiger partial charge >= 0.3 is 0 Å². The number of aromatic nitrogens is 2. The summed E-state index contributed by atoms with van der Waals surface area (Å²) in [4.78, 5) is 23.1. The van der Waals surface area contributed by atoms with E-state index in [-0.39, 0.29) is 11.9 Å². The van der Waals surface area contributed by atoms with E-state index in [9.17, 15) is 9.59 Å². The molecule has 1 aromatic heterocycles. The van der Waals surface area contributed by atoms with Crippen LogP contribution in [0.4, 0.5) is 5.82 Å². The lowest BCUT2D eigenvalue weighted by Gasteiger charge is -2.22. The third-order valence-corrected chi connectivity index (χ3v) is 4.76. The van der Waals surface area contributed by atoms with E-state index in [1.54, 1.807) is 11.6 Å². The lowest BCUT2D eigenvalue weighted by atomic mass is 9.96. The number of hydrogen-bond acceptors (Lipinski definition) is 5. The summed E-state index contributed by atoms with van der Waals surface area (Å²) >= 11 is 1.36. The summed E-state index contributed by atoms with van der Waals surface area (Å²) in [6.07, 6.45) is 6.90. The Bertz CT molecular complexity index is 509. The Labute approximate surface area is 128 Å². The molecule has 3 N–H and O–H groups in total. The van der Waals surface area contributed by atoms with E-state index >= 15 is 0 Å². The van der Waals surface area contributed by atoms with Crippen molar-refractivity contribution in [2.24, 2.45) is 0 Å². The van der Waals surface area contributed by atoms with Crippen LogP contribution in [0.2, 0.25) is 0 Å². The van der Waals surface area contributed by atoms with E-state index in [0.29, 0.717) is 28.7 Å². The molecule has 21 heavy (non-hydrogen) atoms. The molecule has 1 aliphatic carbocycles. The molecule has 1 fully saturated rings. The molecule has 0 unspecified atom stereocenters. The van der Waals surface area contributed by atoms with Gasteiger partial charge in [0, 0.05) is 6.42 Å². The third-order valence-electron chi connectivity index (χ3n) is 3.77. The van der Waals surface area contributed by atoms with Crippen LogP contribution in [-0.2, 0) is 4.79 Å². The highest BCUT2D eigenvalue weighted by Crippen LogP contribution is 2.34. The Balaban J connectivity index is 2.10. The highest BCUT2D eigenvalue weighted by molar-refractivity contribution is 7.99. The van der Waals surface area contributed by atoms with Crippen molar-refractivity contribution in [3.05, 3.63) is 5.69 Å². The number of hydrogen-bond donors (Lipinski definition) is 2. The second kappa shape index (κ2) is 7.49. The molecular weight excluding hydrogens is 288 g/mol. The van der Waals surface area contributed by atoms with Crippen LogP contribution in [-0.4, -0.2) is 27.9 Å². The van der Waals surface area contributed by atoms with Gasteiger partial charge in [-0.15, -0.1) is 0 Å². The predicted molar refractivity (Wildman–Crippen MR) is 83.3 cm³/mol. The van der Waals surface area contributed by atoms with Crippen LogP contribution >= 0.6 is 11.8 Å². The van der Waals surface area contributed by atoms with Gasteiger partial charge in [-0.05, 0) is 12.8 Å².